The van der Waals surface area contributed by atoms with Gasteiger partial charge in [0.25, 0.3) is 0 Å². The van der Waals surface area contributed by atoms with Crippen LogP contribution in [0.5, 0.6) is 11.5 Å². The third-order valence-corrected chi connectivity index (χ3v) is 2.71. The molecule has 0 atom stereocenters. The number of anilines is 1. The Morgan fingerprint density at radius 3 is 2.76 bits per heavy atom. The smallest absolute Gasteiger partial charge is 0.335 e. The number of benzene rings is 1. The van der Waals surface area contributed by atoms with Gasteiger partial charge in [0.1, 0.15) is 0 Å². The van der Waals surface area contributed by atoms with Crippen molar-refractivity contribution in [1.82, 2.24) is 0 Å². The average Bonchev–Trinajstić information content (AvgIpc) is 3.10. The zero-order valence-electron chi connectivity index (χ0n) is 9.60. The number of hydrogen-bond acceptors (Lipinski definition) is 4. The molecule has 0 amide bonds. The molecule has 0 bridgehead atoms. The number of carbonyl (C=O) groups is 1. The van der Waals surface area contributed by atoms with Gasteiger partial charge in [0, 0.05) is 0 Å². The normalized spacial score (nSPS) is 14.4. The maximum atomic E-state index is 10.9. The van der Waals surface area contributed by atoms with Crippen LogP contribution in [0.15, 0.2) is 12.1 Å². The van der Waals surface area contributed by atoms with Crippen molar-refractivity contribution in [2.24, 2.45) is 5.92 Å². The fourth-order valence-corrected chi connectivity index (χ4v) is 1.54. The zero-order chi connectivity index (χ0) is 12.4. The number of carboxylic acid groups (broad SMARTS) is 1. The molecule has 92 valence electrons. The summed E-state index contributed by atoms with van der Waals surface area (Å²) in [6.07, 6.45) is 2.35. The highest BCUT2D eigenvalue weighted by Gasteiger charge is 2.23. The van der Waals surface area contributed by atoms with Crippen LogP contribution in [0.1, 0.15) is 23.2 Å². The summed E-state index contributed by atoms with van der Waals surface area (Å²) in [5.74, 6) is 0.356. The van der Waals surface area contributed by atoms with Gasteiger partial charge in [-0.1, -0.05) is 0 Å². The summed E-state index contributed by atoms with van der Waals surface area (Å²) in [6.45, 7) is 0.604. The molecule has 0 saturated heterocycles. The third-order valence-electron chi connectivity index (χ3n) is 2.71. The van der Waals surface area contributed by atoms with E-state index in [2.05, 4.69) is 0 Å². The molecule has 0 spiro atoms. The molecular formula is C12H15NO4. The summed E-state index contributed by atoms with van der Waals surface area (Å²) in [5.41, 5.74) is 6.16. The van der Waals surface area contributed by atoms with Crippen molar-refractivity contribution >= 4 is 11.7 Å². The van der Waals surface area contributed by atoms with E-state index in [0.29, 0.717) is 29.7 Å². The highest BCUT2D eigenvalue weighted by atomic mass is 16.5. The van der Waals surface area contributed by atoms with E-state index in [1.807, 2.05) is 0 Å². The predicted octanol–water partition coefficient (Wildman–Crippen LogP) is 1.76. The number of nitrogen functional groups attached to an aromatic ring is 1. The topological polar surface area (TPSA) is 81.8 Å². The fraction of sp³-hybridized carbons (Fsp3) is 0.417. The van der Waals surface area contributed by atoms with Crippen LogP contribution >= 0.6 is 0 Å². The van der Waals surface area contributed by atoms with Crippen molar-refractivity contribution in [2.75, 3.05) is 19.5 Å². The van der Waals surface area contributed by atoms with Crippen LogP contribution in [-0.2, 0) is 0 Å². The lowest BCUT2D eigenvalue weighted by Gasteiger charge is -2.13. The Hall–Kier alpha value is -1.91. The molecule has 1 aliphatic carbocycles. The van der Waals surface area contributed by atoms with E-state index in [1.54, 1.807) is 0 Å². The van der Waals surface area contributed by atoms with Crippen LogP contribution in [0.25, 0.3) is 0 Å². The van der Waals surface area contributed by atoms with Crippen molar-refractivity contribution in [3.8, 4) is 11.5 Å². The van der Waals surface area contributed by atoms with Crippen LogP contribution in [0.4, 0.5) is 5.69 Å². The van der Waals surface area contributed by atoms with Crippen molar-refractivity contribution in [3.63, 3.8) is 0 Å². The minimum Gasteiger partial charge on any atom is -0.493 e. The van der Waals surface area contributed by atoms with Gasteiger partial charge in [-0.3, -0.25) is 0 Å². The molecule has 1 aliphatic rings. The van der Waals surface area contributed by atoms with Crippen LogP contribution in [0, 0.1) is 5.92 Å². The quantitative estimate of drug-likeness (QED) is 0.762. The van der Waals surface area contributed by atoms with E-state index in [4.69, 9.17) is 20.3 Å². The standard InChI is InChI=1S/C12H15NO4/c1-16-10-5-8(12(14)15)4-9(13)11(10)17-6-7-2-3-7/h4-5,7H,2-3,6,13H2,1H3,(H,14,15). The molecule has 0 radical (unpaired) electrons. The predicted molar refractivity (Wildman–Crippen MR) is 62.6 cm³/mol. The van der Waals surface area contributed by atoms with E-state index in [9.17, 15) is 4.79 Å². The third kappa shape index (κ3) is 2.61. The number of carboxylic acids is 1. The summed E-state index contributed by atoms with van der Waals surface area (Å²) in [4.78, 5) is 10.9. The maximum absolute atomic E-state index is 10.9. The first kappa shape index (κ1) is 11.6. The molecule has 2 rings (SSSR count). The molecule has 5 heteroatoms. The van der Waals surface area contributed by atoms with Gasteiger partial charge >= 0.3 is 5.97 Å². The minimum atomic E-state index is -1.04. The van der Waals surface area contributed by atoms with Gasteiger partial charge in [0.05, 0.1) is 25.0 Å². The van der Waals surface area contributed by atoms with Crippen LogP contribution < -0.4 is 15.2 Å². The van der Waals surface area contributed by atoms with Crippen LogP contribution in [-0.4, -0.2) is 24.8 Å². The first-order chi connectivity index (χ1) is 8.11. The average molecular weight is 237 g/mol. The molecule has 1 aromatic carbocycles. The Morgan fingerprint density at radius 1 is 1.53 bits per heavy atom. The Kier molecular flexibility index (Phi) is 3.08. The largest absolute Gasteiger partial charge is 0.493 e. The van der Waals surface area contributed by atoms with E-state index >= 15 is 0 Å². The van der Waals surface area contributed by atoms with Gasteiger partial charge in [-0.2, -0.15) is 0 Å². The monoisotopic (exact) mass is 237 g/mol. The lowest BCUT2D eigenvalue weighted by Crippen LogP contribution is -2.06. The first-order valence-corrected chi connectivity index (χ1v) is 5.45. The highest BCUT2D eigenvalue weighted by Crippen LogP contribution is 2.37. The molecule has 17 heavy (non-hydrogen) atoms. The number of ether oxygens (including phenoxy) is 2. The summed E-state index contributed by atoms with van der Waals surface area (Å²) >= 11 is 0. The highest BCUT2D eigenvalue weighted by molar-refractivity contribution is 5.90. The van der Waals surface area contributed by atoms with Crippen molar-refractivity contribution < 1.29 is 19.4 Å². The lowest BCUT2D eigenvalue weighted by molar-refractivity contribution is 0.0696. The van der Waals surface area contributed by atoms with E-state index in [0.717, 1.165) is 0 Å². The van der Waals surface area contributed by atoms with Gasteiger partial charge in [-0.25, -0.2) is 4.79 Å². The summed E-state index contributed by atoms with van der Waals surface area (Å²) in [7, 11) is 1.46. The molecule has 0 unspecified atom stereocenters. The van der Waals surface area contributed by atoms with Gasteiger partial charge in [0.15, 0.2) is 11.5 Å². The second-order valence-corrected chi connectivity index (χ2v) is 4.16. The van der Waals surface area contributed by atoms with Crippen molar-refractivity contribution in [3.05, 3.63) is 17.7 Å². The number of nitrogens with two attached hydrogens (primary N) is 1. The Labute approximate surface area is 99.1 Å². The van der Waals surface area contributed by atoms with Crippen LogP contribution in [0.3, 0.4) is 0 Å². The van der Waals surface area contributed by atoms with Gasteiger partial charge in [0.2, 0.25) is 0 Å². The molecule has 1 saturated carbocycles. The Balaban J connectivity index is 2.25. The second kappa shape index (κ2) is 4.53. The Bertz CT molecular complexity index is 440. The van der Waals surface area contributed by atoms with Crippen molar-refractivity contribution in [1.29, 1.82) is 0 Å². The molecule has 5 nitrogen and oxygen atoms in total. The number of hydrogen-bond donors (Lipinski definition) is 2. The second-order valence-electron chi connectivity index (χ2n) is 4.16. The fourth-order valence-electron chi connectivity index (χ4n) is 1.54. The number of aromatic carboxylic acids is 1. The first-order valence-electron chi connectivity index (χ1n) is 5.45. The van der Waals surface area contributed by atoms with Gasteiger partial charge in [-0.05, 0) is 30.9 Å². The van der Waals surface area contributed by atoms with Crippen molar-refractivity contribution in [2.45, 2.75) is 12.8 Å². The molecule has 0 heterocycles. The van der Waals surface area contributed by atoms with E-state index in [-0.39, 0.29) is 5.56 Å². The number of methoxy groups -OCH3 is 1. The summed E-state index contributed by atoms with van der Waals surface area (Å²) in [5, 5.41) is 8.90. The molecule has 1 fully saturated rings. The number of rotatable bonds is 5. The lowest BCUT2D eigenvalue weighted by atomic mass is 10.1. The molecule has 0 aliphatic heterocycles. The molecular weight excluding hydrogens is 222 g/mol. The molecule has 1 aromatic rings. The summed E-state index contributed by atoms with van der Waals surface area (Å²) < 4.78 is 10.7. The van der Waals surface area contributed by atoms with Gasteiger partial charge < -0.3 is 20.3 Å². The van der Waals surface area contributed by atoms with E-state index < -0.39 is 5.97 Å². The Morgan fingerprint density at radius 2 is 2.24 bits per heavy atom. The summed E-state index contributed by atoms with van der Waals surface area (Å²) in [6, 6.07) is 2.80. The zero-order valence-corrected chi connectivity index (χ0v) is 9.60. The van der Waals surface area contributed by atoms with Gasteiger partial charge in [-0.15, -0.1) is 0 Å². The minimum absolute atomic E-state index is 0.0955. The maximum Gasteiger partial charge on any atom is 0.335 e. The SMILES string of the molecule is COc1cc(C(=O)O)cc(N)c1OCC1CC1. The molecule has 3 N–H and O–H groups in total. The van der Waals surface area contributed by atoms with Crippen LogP contribution in [0.2, 0.25) is 0 Å². The molecule has 0 aromatic heterocycles. The van der Waals surface area contributed by atoms with E-state index in [1.165, 1.54) is 32.1 Å².